The van der Waals surface area contributed by atoms with Gasteiger partial charge in [0.25, 0.3) is 0 Å². The summed E-state index contributed by atoms with van der Waals surface area (Å²) in [4.78, 5) is 12.4. The summed E-state index contributed by atoms with van der Waals surface area (Å²) < 4.78 is 0. The van der Waals surface area contributed by atoms with Gasteiger partial charge in [-0.25, -0.2) is 0 Å². The minimum absolute atomic E-state index is 0.345. The summed E-state index contributed by atoms with van der Waals surface area (Å²) in [5.74, 6) is -0.602. The fraction of sp³-hybridized carbons (Fsp3) is 0.861. The van der Waals surface area contributed by atoms with Gasteiger partial charge in [-0.2, -0.15) is 0 Å². The quantitative estimate of drug-likeness (QED) is 0.0411. The number of carbonyl (C=O) groups is 1. The number of unbranched alkanes of at least 4 members (excludes halogenated alkanes) is 19. The van der Waals surface area contributed by atoms with Crippen LogP contribution in [0.2, 0.25) is 0 Å². The van der Waals surface area contributed by atoms with Crippen molar-refractivity contribution in [1.29, 1.82) is 0 Å². The summed E-state index contributed by atoms with van der Waals surface area (Å²) >= 11 is 0. The predicted octanol–water partition coefficient (Wildman–Crippen LogP) is 8.06. The third-order valence-electron chi connectivity index (χ3n) is 8.19. The Morgan fingerprint density at radius 2 is 1.00 bits per heavy atom. The lowest BCUT2D eigenvalue weighted by Gasteiger charge is -2.27. The second-order valence-corrected chi connectivity index (χ2v) is 12.2. The van der Waals surface area contributed by atoms with E-state index < -0.39 is 36.9 Å². The molecule has 42 heavy (non-hydrogen) atoms. The lowest BCUT2D eigenvalue weighted by molar-refractivity contribution is -0.132. The van der Waals surface area contributed by atoms with Crippen molar-refractivity contribution in [2.24, 2.45) is 0 Å². The highest BCUT2D eigenvalue weighted by Gasteiger charge is 2.28. The van der Waals surface area contributed by atoms with Crippen LogP contribution in [0, 0.1) is 0 Å². The number of aliphatic hydroxyl groups is 4. The molecule has 1 unspecified atom stereocenters. The molecule has 0 aromatic heterocycles. The predicted molar refractivity (Wildman–Crippen MR) is 177 cm³/mol. The van der Waals surface area contributed by atoms with Crippen molar-refractivity contribution in [3.63, 3.8) is 0 Å². The monoisotopic (exact) mass is 596 g/mol. The van der Waals surface area contributed by atoms with Crippen LogP contribution < -0.4 is 5.32 Å². The molecular formula is C36H69NO5. The summed E-state index contributed by atoms with van der Waals surface area (Å²) in [6, 6.07) is -0.989. The molecule has 0 fully saturated rings. The number of nitrogens with one attached hydrogen (secondary N) is 1. The normalized spacial score (nSPS) is 14.9. The fourth-order valence-electron chi connectivity index (χ4n) is 5.27. The molecule has 0 aliphatic carbocycles. The van der Waals surface area contributed by atoms with Crippen molar-refractivity contribution in [3.05, 3.63) is 24.3 Å². The molecule has 0 aromatic rings. The van der Waals surface area contributed by atoms with Crippen molar-refractivity contribution in [2.75, 3.05) is 6.61 Å². The van der Waals surface area contributed by atoms with Gasteiger partial charge >= 0.3 is 0 Å². The van der Waals surface area contributed by atoms with Crippen LogP contribution in [0.5, 0.6) is 0 Å². The van der Waals surface area contributed by atoms with Crippen molar-refractivity contribution in [3.8, 4) is 0 Å². The Kier molecular flexibility index (Phi) is 30.3. The second kappa shape index (κ2) is 31.2. The van der Waals surface area contributed by atoms with Crippen molar-refractivity contribution >= 4 is 5.91 Å². The average molecular weight is 596 g/mol. The minimum Gasteiger partial charge on any atom is -0.394 e. The molecule has 1 amide bonds. The van der Waals surface area contributed by atoms with Crippen LogP contribution in [0.1, 0.15) is 168 Å². The molecule has 4 atom stereocenters. The average Bonchev–Trinajstić information content (AvgIpc) is 2.99. The third-order valence-corrected chi connectivity index (χ3v) is 8.19. The first kappa shape index (κ1) is 40.8. The number of rotatable bonds is 31. The van der Waals surface area contributed by atoms with Crippen LogP contribution in [0.15, 0.2) is 24.3 Å². The SMILES string of the molecule is CCCCCC/C=C/C=C/CCCCCCC(O)C(=O)N[C@@H](CO)[C@H](O)[C@H](O)CCCCCCCCCCCCCC. The van der Waals surface area contributed by atoms with Crippen LogP contribution in [-0.4, -0.2) is 57.3 Å². The Balaban J connectivity index is 3.89. The molecule has 0 aromatic carbocycles. The second-order valence-electron chi connectivity index (χ2n) is 12.2. The molecule has 6 heteroatoms. The zero-order chi connectivity index (χ0) is 31.1. The Morgan fingerprint density at radius 1 is 0.595 bits per heavy atom. The Bertz CT molecular complexity index is 638. The van der Waals surface area contributed by atoms with Crippen LogP contribution in [-0.2, 0) is 4.79 Å². The standard InChI is InChI=1S/C36H69NO5/c1-3-5-7-9-11-13-15-17-18-20-22-24-26-28-30-34(40)36(42)37-32(31-38)35(41)33(39)29-27-25-23-21-19-16-14-12-10-8-6-4-2/h13,15,17-18,32-35,38-41H,3-12,14,16,19-31H2,1-2H3,(H,37,42)/b15-13+,18-17+/t32-,33+,34?,35-/m0/s1. The lowest BCUT2D eigenvalue weighted by Crippen LogP contribution is -2.53. The third kappa shape index (κ3) is 25.3. The number of hydrogen-bond acceptors (Lipinski definition) is 5. The van der Waals surface area contributed by atoms with E-state index in [-0.39, 0.29) is 0 Å². The molecule has 0 saturated carbocycles. The van der Waals surface area contributed by atoms with Gasteiger partial charge in [-0.3, -0.25) is 4.79 Å². The summed E-state index contributed by atoms with van der Waals surface area (Å²) in [6.45, 7) is 3.98. The highest BCUT2D eigenvalue weighted by atomic mass is 16.3. The van der Waals surface area contributed by atoms with Crippen LogP contribution in [0.4, 0.5) is 0 Å². The summed E-state index contributed by atoms with van der Waals surface area (Å²) in [5, 5.41) is 43.3. The first-order valence-electron chi connectivity index (χ1n) is 17.7. The number of carbonyl (C=O) groups excluding carboxylic acids is 1. The van der Waals surface area contributed by atoms with Gasteiger partial charge in [0.15, 0.2) is 0 Å². The van der Waals surface area contributed by atoms with Crippen LogP contribution >= 0.6 is 0 Å². The first-order valence-corrected chi connectivity index (χ1v) is 17.7. The molecule has 0 aliphatic heterocycles. The van der Waals surface area contributed by atoms with Gasteiger partial charge in [0.05, 0.1) is 18.8 Å². The molecule has 0 bridgehead atoms. The van der Waals surface area contributed by atoms with E-state index in [2.05, 4.69) is 43.5 Å². The number of amides is 1. The topological polar surface area (TPSA) is 110 Å². The minimum atomic E-state index is -1.26. The molecule has 0 saturated heterocycles. The smallest absolute Gasteiger partial charge is 0.249 e. The molecule has 0 rings (SSSR count). The first-order chi connectivity index (χ1) is 20.5. The van der Waals surface area contributed by atoms with E-state index in [0.717, 1.165) is 57.8 Å². The zero-order valence-electron chi connectivity index (χ0n) is 27.5. The largest absolute Gasteiger partial charge is 0.394 e. The number of hydrogen-bond donors (Lipinski definition) is 5. The highest BCUT2D eigenvalue weighted by Crippen LogP contribution is 2.15. The van der Waals surface area contributed by atoms with Gasteiger partial charge in [0.1, 0.15) is 12.2 Å². The van der Waals surface area contributed by atoms with E-state index in [4.69, 9.17) is 0 Å². The van der Waals surface area contributed by atoms with Crippen molar-refractivity contribution < 1.29 is 25.2 Å². The molecule has 0 heterocycles. The molecule has 0 radical (unpaired) electrons. The molecule has 5 N–H and O–H groups in total. The maximum absolute atomic E-state index is 12.4. The Morgan fingerprint density at radius 3 is 1.48 bits per heavy atom. The van der Waals surface area contributed by atoms with Gasteiger partial charge in [-0.05, 0) is 38.5 Å². The van der Waals surface area contributed by atoms with E-state index in [0.29, 0.717) is 12.8 Å². The Labute approximate surface area is 259 Å². The van der Waals surface area contributed by atoms with Gasteiger partial charge in [0, 0.05) is 0 Å². The summed E-state index contributed by atoms with van der Waals surface area (Å²) in [7, 11) is 0. The highest BCUT2D eigenvalue weighted by molar-refractivity contribution is 5.80. The van der Waals surface area contributed by atoms with E-state index >= 15 is 0 Å². The number of aliphatic hydroxyl groups excluding tert-OH is 4. The maximum atomic E-state index is 12.4. The molecule has 6 nitrogen and oxygen atoms in total. The van der Waals surface area contributed by atoms with Crippen molar-refractivity contribution in [2.45, 2.75) is 192 Å². The molecular weight excluding hydrogens is 526 g/mol. The van der Waals surface area contributed by atoms with E-state index in [1.807, 2.05) is 0 Å². The fourth-order valence-corrected chi connectivity index (χ4v) is 5.27. The maximum Gasteiger partial charge on any atom is 0.249 e. The van der Waals surface area contributed by atoms with Gasteiger partial charge in [-0.15, -0.1) is 0 Å². The van der Waals surface area contributed by atoms with Gasteiger partial charge in [0.2, 0.25) is 5.91 Å². The van der Waals surface area contributed by atoms with Gasteiger partial charge in [-0.1, -0.05) is 154 Å². The number of allylic oxidation sites excluding steroid dienone is 4. The summed E-state index contributed by atoms with van der Waals surface area (Å²) in [5.41, 5.74) is 0. The molecule has 248 valence electrons. The van der Waals surface area contributed by atoms with Gasteiger partial charge < -0.3 is 25.7 Å². The van der Waals surface area contributed by atoms with Crippen LogP contribution in [0.25, 0.3) is 0 Å². The van der Waals surface area contributed by atoms with Crippen molar-refractivity contribution in [1.82, 2.24) is 5.32 Å². The van der Waals surface area contributed by atoms with E-state index in [1.54, 1.807) is 0 Å². The summed E-state index contributed by atoms with van der Waals surface area (Å²) in [6.07, 6.45) is 31.9. The van der Waals surface area contributed by atoms with E-state index in [1.165, 1.54) is 83.5 Å². The Hall–Kier alpha value is -1.21. The molecule has 0 spiro atoms. The lowest BCUT2D eigenvalue weighted by atomic mass is 9.99. The zero-order valence-corrected chi connectivity index (χ0v) is 27.5. The van der Waals surface area contributed by atoms with E-state index in [9.17, 15) is 25.2 Å². The molecule has 0 aliphatic rings. The van der Waals surface area contributed by atoms with Crippen LogP contribution in [0.3, 0.4) is 0 Å².